The van der Waals surface area contributed by atoms with Crippen molar-refractivity contribution < 1.29 is 37.4 Å². The van der Waals surface area contributed by atoms with Crippen molar-refractivity contribution >= 4 is 15.6 Å². The van der Waals surface area contributed by atoms with Crippen LogP contribution >= 0.6 is 15.6 Å². The van der Waals surface area contributed by atoms with Crippen molar-refractivity contribution in [1.82, 2.24) is 5.32 Å². The molecule has 0 aromatic heterocycles. The Morgan fingerprint density at radius 1 is 1.11 bits per heavy atom. The molecule has 11 heteroatoms. The fraction of sp³-hybridized carbons (Fsp3) is 1.00. The van der Waals surface area contributed by atoms with Gasteiger partial charge in [0.25, 0.3) is 0 Å². The minimum absolute atomic E-state index is 0.0173. The van der Waals surface area contributed by atoms with Crippen molar-refractivity contribution in [3.63, 3.8) is 0 Å². The van der Waals surface area contributed by atoms with E-state index in [1.54, 1.807) is 7.05 Å². The van der Waals surface area contributed by atoms with Crippen LogP contribution in [0.25, 0.3) is 0 Å². The summed E-state index contributed by atoms with van der Waals surface area (Å²) in [7, 11) is -7.06. The first-order valence-electron chi connectivity index (χ1n) is 5.16. The quantitative estimate of drug-likeness (QED) is 0.414. The zero-order valence-electron chi connectivity index (χ0n) is 10.2. The predicted molar refractivity (Wildman–Crippen MR) is 62.8 cm³/mol. The Labute approximate surface area is 105 Å². The first kappa shape index (κ1) is 18.2. The minimum Gasteiger partial charge on any atom is -0.319 e. The maximum absolute atomic E-state index is 11.2. The molecule has 0 aromatic carbocycles. The molecule has 0 saturated carbocycles. The standard InChI is InChI=1S/C7H19NO8P2/c1-3-14-18(12,13)16-6-7(4-8-2)5-15-17(9,10)11/h7-8H,3-6H2,1-2H3,(H,12,13)(H2,9,10,11). The first-order chi connectivity index (χ1) is 8.20. The molecule has 0 radical (unpaired) electrons. The summed E-state index contributed by atoms with van der Waals surface area (Å²) in [6.45, 7) is 1.32. The van der Waals surface area contributed by atoms with Crippen LogP contribution in [-0.4, -0.2) is 48.1 Å². The Hall–Kier alpha value is 0.180. The summed E-state index contributed by atoms with van der Waals surface area (Å²) in [5.74, 6) is -0.497. The SMILES string of the molecule is CCOP(=O)(O)OCC(CNC)COP(=O)(O)O. The molecule has 0 amide bonds. The third-order valence-corrected chi connectivity index (χ3v) is 3.28. The van der Waals surface area contributed by atoms with E-state index in [4.69, 9.17) is 14.7 Å². The largest absolute Gasteiger partial charge is 0.472 e. The highest BCUT2D eigenvalue weighted by Gasteiger charge is 2.24. The molecule has 2 atom stereocenters. The fourth-order valence-corrected chi connectivity index (χ4v) is 2.26. The van der Waals surface area contributed by atoms with Gasteiger partial charge in [-0.1, -0.05) is 0 Å². The van der Waals surface area contributed by atoms with Crippen LogP contribution in [0, 0.1) is 5.92 Å². The Bertz CT molecular complexity index is 319. The summed E-state index contributed by atoms with van der Waals surface area (Å²) in [6, 6.07) is 0. The molecule has 2 unspecified atom stereocenters. The van der Waals surface area contributed by atoms with Gasteiger partial charge in [-0.2, -0.15) is 0 Å². The molecular formula is C7H19NO8P2. The van der Waals surface area contributed by atoms with Gasteiger partial charge in [-0.05, 0) is 14.0 Å². The van der Waals surface area contributed by atoms with E-state index in [-0.39, 0.29) is 19.8 Å². The summed E-state index contributed by atoms with van der Waals surface area (Å²) in [6.07, 6.45) is 0. The molecule has 0 aliphatic carbocycles. The molecule has 0 aliphatic heterocycles. The second kappa shape index (κ2) is 8.37. The van der Waals surface area contributed by atoms with Crippen molar-refractivity contribution in [2.45, 2.75) is 6.92 Å². The summed E-state index contributed by atoms with van der Waals surface area (Å²) in [4.78, 5) is 26.2. The van der Waals surface area contributed by atoms with Gasteiger partial charge < -0.3 is 20.0 Å². The monoisotopic (exact) mass is 307 g/mol. The van der Waals surface area contributed by atoms with E-state index in [0.717, 1.165) is 0 Å². The van der Waals surface area contributed by atoms with Crippen molar-refractivity contribution in [1.29, 1.82) is 0 Å². The van der Waals surface area contributed by atoms with Gasteiger partial charge in [0.2, 0.25) is 0 Å². The molecule has 0 spiro atoms. The molecule has 0 heterocycles. The number of phosphoric ester groups is 2. The molecule has 4 N–H and O–H groups in total. The fourth-order valence-electron chi connectivity index (χ4n) is 1.06. The first-order valence-corrected chi connectivity index (χ1v) is 8.19. The van der Waals surface area contributed by atoms with Crippen LogP contribution in [0.15, 0.2) is 0 Å². The van der Waals surface area contributed by atoms with Crippen molar-refractivity contribution in [2.75, 3.05) is 33.4 Å². The predicted octanol–water partition coefficient (Wildman–Crippen LogP) is 0.0848. The van der Waals surface area contributed by atoms with Crippen LogP contribution in [0.5, 0.6) is 0 Å². The number of nitrogens with one attached hydrogen (secondary N) is 1. The van der Waals surface area contributed by atoms with E-state index in [2.05, 4.69) is 18.9 Å². The average Bonchev–Trinajstić information content (AvgIpc) is 2.21. The van der Waals surface area contributed by atoms with Crippen LogP contribution in [0.2, 0.25) is 0 Å². The van der Waals surface area contributed by atoms with Crippen LogP contribution < -0.4 is 5.32 Å². The lowest BCUT2D eigenvalue weighted by Crippen LogP contribution is -2.26. The van der Waals surface area contributed by atoms with Gasteiger partial charge in [-0.25, -0.2) is 9.13 Å². The topological polar surface area (TPSA) is 135 Å². The van der Waals surface area contributed by atoms with Gasteiger partial charge in [-0.3, -0.25) is 13.6 Å². The van der Waals surface area contributed by atoms with E-state index in [9.17, 15) is 9.13 Å². The van der Waals surface area contributed by atoms with Gasteiger partial charge in [0, 0.05) is 12.5 Å². The Kier molecular flexibility index (Phi) is 8.45. The van der Waals surface area contributed by atoms with Crippen LogP contribution in [0.3, 0.4) is 0 Å². The zero-order chi connectivity index (χ0) is 14.2. The second-order valence-electron chi connectivity index (χ2n) is 3.39. The molecule has 0 aliphatic rings. The highest BCUT2D eigenvalue weighted by Crippen LogP contribution is 2.43. The normalized spacial score (nSPS) is 17.4. The summed E-state index contributed by atoms with van der Waals surface area (Å²) < 4.78 is 35.2. The molecule has 0 rings (SSSR count). The van der Waals surface area contributed by atoms with Crippen molar-refractivity contribution in [3.8, 4) is 0 Å². The van der Waals surface area contributed by atoms with Crippen LogP contribution in [0.1, 0.15) is 6.92 Å². The van der Waals surface area contributed by atoms with E-state index in [1.807, 2.05) is 0 Å². The molecule has 0 aromatic rings. The Morgan fingerprint density at radius 2 is 1.67 bits per heavy atom. The van der Waals surface area contributed by atoms with Crippen LogP contribution in [0.4, 0.5) is 0 Å². The summed E-state index contributed by atoms with van der Waals surface area (Å²) in [5.41, 5.74) is 0. The van der Waals surface area contributed by atoms with Crippen molar-refractivity contribution in [2.24, 2.45) is 5.92 Å². The third kappa shape index (κ3) is 10.1. The highest BCUT2D eigenvalue weighted by molar-refractivity contribution is 7.47. The maximum atomic E-state index is 11.2. The van der Waals surface area contributed by atoms with Crippen molar-refractivity contribution in [3.05, 3.63) is 0 Å². The van der Waals surface area contributed by atoms with Gasteiger partial charge in [0.1, 0.15) is 0 Å². The Balaban J connectivity index is 4.19. The second-order valence-corrected chi connectivity index (χ2v) is 6.09. The van der Waals surface area contributed by atoms with Gasteiger partial charge in [0.05, 0.1) is 19.8 Å². The van der Waals surface area contributed by atoms with Crippen LogP contribution in [-0.2, 0) is 22.7 Å². The molecular weight excluding hydrogens is 288 g/mol. The molecule has 0 fully saturated rings. The van der Waals surface area contributed by atoms with E-state index in [0.29, 0.717) is 6.54 Å². The lowest BCUT2D eigenvalue weighted by molar-refractivity contribution is 0.105. The summed E-state index contributed by atoms with van der Waals surface area (Å²) >= 11 is 0. The van der Waals surface area contributed by atoms with Gasteiger partial charge >= 0.3 is 15.6 Å². The smallest absolute Gasteiger partial charge is 0.319 e. The number of hydrogen-bond acceptors (Lipinski definition) is 6. The number of hydrogen-bond donors (Lipinski definition) is 4. The van der Waals surface area contributed by atoms with Gasteiger partial charge in [0.15, 0.2) is 0 Å². The average molecular weight is 307 g/mol. The lowest BCUT2D eigenvalue weighted by Gasteiger charge is -2.18. The van der Waals surface area contributed by atoms with E-state index in [1.165, 1.54) is 6.92 Å². The third-order valence-electron chi connectivity index (χ3n) is 1.74. The molecule has 0 saturated heterocycles. The Morgan fingerprint density at radius 3 is 2.11 bits per heavy atom. The number of phosphoric acid groups is 2. The molecule has 9 nitrogen and oxygen atoms in total. The molecule has 18 heavy (non-hydrogen) atoms. The maximum Gasteiger partial charge on any atom is 0.472 e. The van der Waals surface area contributed by atoms with Gasteiger partial charge in [-0.15, -0.1) is 0 Å². The molecule has 0 bridgehead atoms. The number of rotatable bonds is 10. The zero-order valence-corrected chi connectivity index (χ0v) is 12.0. The minimum atomic E-state index is -4.57. The van der Waals surface area contributed by atoms with E-state index >= 15 is 0 Å². The highest BCUT2D eigenvalue weighted by atomic mass is 31.2. The van der Waals surface area contributed by atoms with E-state index < -0.39 is 21.6 Å². The lowest BCUT2D eigenvalue weighted by atomic mass is 10.2. The summed E-state index contributed by atoms with van der Waals surface area (Å²) in [5, 5.41) is 2.75. The molecule has 110 valence electrons.